The minimum Gasteiger partial charge on any atom is -0.493 e. The average molecular weight is 423 g/mol. The van der Waals surface area contributed by atoms with Gasteiger partial charge in [0.2, 0.25) is 0 Å². The van der Waals surface area contributed by atoms with Crippen molar-refractivity contribution in [2.45, 2.75) is 19.4 Å². The van der Waals surface area contributed by atoms with E-state index in [1.807, 2.05) is 0 Å². The minimum absolute atomic E-state index is 0.0320. The first-order chi connectivity index (χ1) is 13.8. The maximum Gasteiger partial charge on any atom is 0.310 e. The topological polar surface area (TPSA) is 117 Å². The Hall–Kier alpha value is -3.33. The predicted molar refractivity (Wildman–Crippen MR) is 105 cm³/mol. The van der Waals surface area contributed by atoms with Gasteiger partial charge in [-0.15, -0.1) is 0 Å². The maximum absolute atomic E-state index is 12.2. The fraction of sp³-hybridized carbons (Fsp3) is 0.263. The van der Waals surface area contributed by atoms with Crippen molar-refractivity contribution < 1.29 is 28.7 Å². The first-order valence-corrected chi connectivity index (χ1v) is 8.89. The molecule has 0 aliphatic rings. The van der Waals surface area contributed by atoms with E-state index in [-0.39, 0.29) is 29.4 Å². The number of nitro groups is 1. The van der Waals surface area contributed by atoms with E-state index >= 15 is 0 Å². The zero-order valence-corrected chi connectivity index (χ0v) is 16.5. The third-order valence-electron chi connectivity index (χ3n) is 3.73. The summed E-state index contributed by atoms with van der Waals surface area (Å²) in [6, 6.07) is 10.6. The van der Waals surface area contributed by atoms with E-state index in [4.69, 9.17) is 25.8 Å². The number of nitrogens with zero attached hydrogens (tertiary/aromatic N) is 1. The van der Waals surface area contributed by atoms with E-state index in [1.54, 1.807) is 24.3 Å². The van der Waals surface area contributed by atoms with Crippen molar-refractivity contribution in [3.8, 4) is 11.5 Å². The quantitative estimate of drug-likeness (QED) is 0.372. The second-order valence-electron chi connectivity index (χ2n) is 5.79. The molecule has 154 valence electrons. The second kappa shape index (κ2) is 10.3. The smallest absolute Gasteiger partial charge is 0.310 e. The molecule has 29 heavy (non-hydrogen) atoms. The monoisotopic (exact) mass is 422 g/mol. The Morgan fingerprint density at radius 3 is 2.55 bits per heavy atom. The van der Waals surface area contributed by atoms with Crippen molar-refractivity contribution in [3.63, 3.8) is 0 Å². The van der Waals surface area contributed by atoms with Crippen LogP contribution in [-0.2, 0) is 14.3 Å². The molecule has 0 heterocycles. The lowest BCUT2D eigenvalue weighted by Gasteiger charge is -2.14. The van der Waals surface area contributed by atoms with Crippen LogP contribution in [0.5, 0.6) is 11.5 Å². The highest BCUT2D eigenvalue weighted by atomic mass is 35.5. The minimum atomic E-state index is -1.14. The van der Waals surface area contributed by atoms with Crippen molar-refractivity contribution in [2.24, 2.45) is 0 Å². The van der Waals surface area contributed by atoms with Crippen LogP contribution in [0.25, 0.3) is 0 Å². The summed E-state index contributed by atoms with van der Waals surface area (Å²) >= 11 is 5.94. The van der Waals surface area contributed by atoms with Gasteiger partial charge in [-0.2, -0.15) is 0 Å². The van der Waals surface area contributed by atoms with Gasteiger partial charge < -0.3 is 19.5 Å². The Kier molecular flexibility index (Phi) is 7.79. The number of hydrogen-bond acceptors (Lipinski definition) is 7. The van der Waals surface area contributed by atoms with Crippen LogP contribution in [0.4, 0.5) is 11.4 Å². The van der Waals surface area contributed by atoms with E-state index in [9.17, 15) is 19.7 Å². The summed E-state index contributed by atoms with van der Waals surface area (Å²) < 4.78 is 15.7. The highest BCUT2D eigenvalue weighted by Gasteiger charge is 2.20. The molecule has 10 heteroatoms. The van der Waals surface area contributed by atoms with E-state index < -0.39 is 22.9 Å². The van der Waals surface area contributed by atoms with E-state index in [0.29, 0.717) is 11.5 Å². The van der Waals surface area contributed by atoms with E-state index in [0.717, 1.165) is 6.07 Å². The van der Waals surface area contributed by atoms with Gasteiger partial charge >= 0.3 is 5.97 Å². The number of anilines is 1. The Morgan fingerprint density at radius 2 is 1.90 bits per heavy atom. The van der Waals surface area contributed by atoms with Crippen LogP contribution in [0.15, 0.2) is 42.5 Å². The lowest BCUT2D eigenvalue weighted by Crippen LogP contribution is -2.30. The van der Waals surface area contributed by atoms with Crippen molar-refractivity contribution >= 4 is 34.9 Å². The highest BCUT2D eigenvalue weighted by molar-refractivity contribution is 6.33. The third kappa shape index (κ3) is 6.35. The second-order valence-corrected chi connectivity index (χ2v) is 6.20. The summed E-state index contributed by atoms with van der Waals surface area (Å²) in [5.74, 6) is -0.310. The molecule has 0 radical (unpaired) electrons. The summed E-state index contributed by atoms with van der Waals surface area (Å²) in [5, 5.41) is 13.4. The first-order valence-electron chi connectivity index (χ1n) is 8.52. The number of para-hydroxylation sites is 2. The molecule has 0 saturated carbocycles. The number of ether oxygens (including phenoxy) is 3. The summed E-state index contributed by atoms with van der Waals surface area (Å²) in [5.41, 5.74) is -0.184. The molecule has 1 unspecified atom stereocenters. The summed E-state index contributed by atoms with van der Waals surface area (Å²) in [6.45, 7) is 1.41. The molecule has 0 spiro atoms. The van der Waals surface area contributed by atoms with E-state index in [1.165, 1.54) is 26.2 Å². The standard InChI is InChI=1S/C19H19ClN2O7/c1-12(19(24)21-15-11-13(22(25)26)7-8-14(15)20)29-18(23)9-10-28-17-6-4-3-5-16(17)27-2/h3-8,11-12H,9-10H2,1-2H3,(H,21,24). The molecule has 0 fully saturated rings. The Balaban J connectivity index is 1.85. The molecule has 1 N–H and O–H groups in total. The number of amides is 1. The van der Waals surface area contributed by atoms with Crippen LogP contribution >= 0.6 is 11.6 Å². The molecule has 1 amide bonds. The van der Waals surface area contributed by atoms with Crippen molar-refractivity contribution in [1.29, 1.82) is 0 Å². The lowest BCUT2D eigenvalue weighted by atomic mass is 10.2. The number of esters is 1. The zero-order chi connectivity index (χ0) is 21.4. The van der Waals surface area contributed by atoms with Gasteiger partial charge in [0.15, 0.2) is 17.6 Å². The van der Waals surface area contributed by atoms with E-state index in [2.05, 4.69) is 5.32 Å². The third-order valence-corrected chi connectivity index (χ3v) is 4.06. The number of non-ortho nitro benzene ring substituents is 1. The van der Waals surface area contributed by atoms with Crippen LogP contribution in [0, 0.1) is 10.1 Å². The number of methoxy groups -OCH3 is 1. The van der Waals surface area contributed by atoms with Crippen molar-refractivity contribution in [2.75, 3.05) is 19.0 Å². The van der Waals surface area contributed by atoms with Crippen LogP contribution in [-0.4, -0.2) is 36.6 Å². The van der Waals surface area contributed by atoms with Crippen LogP contribution in [0.2, 0.25) is 5.02 Å². The molecule has 9 nitrogen and oxygen atoms in total. The van der Waals surface area contributed by atoms with Crippen molar-refractivity contribution in [3.05, 3.63) is 57.6 Å². The molecule has 0 aromatic heterocycles. The van der Waals surface area contributed by atoms with Gasteiger partial charge in [0, 0.05) is 12.1 Å². The number of benzene rings is 2. The summed E-state index contributed by atoms with van der Waals surface area (Å²) in [7, 11) is 1.50. The molecule has 0 aliphatic carbocycles. The van der Waals surface area contributed by atoms with Crippen molar-refractivity contribution in [1.82, 2.24) is 0 Å². The van der Waals surface area contributed by atoms with Gasteiger partial charge in [-0.1, -0.05) is 23.7 Å². The summed E-state index contributed by atoms with van der Waals surface area (Å²) in [6.07, 6.45) is -1.23. The largest absolute Gasteiger partial charge is 0.493 e. The number of carbonyl (C=O) groups excluding carboxylic acids is 2. The number of hydrogen-bond donors (Lipinski definition) is 1. The number of nitro benzene ring substituents is 1. The molecule has 2 aromatic rings. The fourth-order valence-corrected chi connectivity index (χ4v) is 2.41. The zero-order valence-electron chi connectivity index (χ0n) is 15.7. The Labute approximate surface area is 171 Å². The van der Waals surface area contributed by atoms with Gasteiger partial charge in [0.25, 0.3) is 11.6 Å². The molecular formula is C19H19ClN2O7. The highest BCUT2D eigenvalue weighted by Crippen LogP contribution is 2.27. The number of halogens is 1. The predicted octanol–water partition coefficient (Wildman–Crippen LogP) is 3.60. The Morgan fingerprint density at radius 1 is 1.21 bits per heavy atom. The van der Waals surface area contributed by atoms with Crippen LogP contribution in [0.3, 0.4) is 0 Å². The normalized spacial score (nSPS) is 11.3. The number of carbonyl (C=O) groups is 2. The van der Waals surface area contributed by atoms with Gasteiger partial charge in [-0.3, -0.25) is 19.7 Å². The van der Waals surface area contributed by atoms with Gasteiger partial charge in [0.1, 0.15) is 0 Å². The van der Waals surface area contributed by atoms with Gasteiger partial charge in [0.05, 0.1) is 35.8 Å². The van der Waals surface area contributed by atoms with Gasteiger partial charge in [-0.05, 0) is 25.1 Å². The lowest BCUT2D eigenvalue weighted by molar-refractivity contribution is -0.384. The number of nitrogens with one attached hydrogen (secondary N) is 1. The molecule has 1 atom stereocenters. The molecule has 2 aromatic carbocycles. The average Bonchev–Trinajstić information content (AvgIpc) is 2.69. The van der Waals surface area contributed by atoms with Crippen LogP contribution < -0.4 is 14.8 Å². The summed E-state index contributed by atoms with van der Waals surface area (Å²) in [4.78, 5) is 34.4. The fourth-order valence-electron chi connectivity index (χ4n) is 2.25. The molecular weight excluding hydrogens is 404 g/mol. The SMILES string of the molecule is COc1ccccc1OCCC(=O)OC(C)C(=O)Nc1cc([N+](=O)[O-])ccc1Cl. The molecule has 0 bridgehead atoms. The molecule has 0 aliphatic heterocycles. The molecule has 2 rings (SSSR count). The number of rotatable bonds is 9. The first kappa shape index (κ1) is 22.0. The Bertz CT molecular complexity index is 904. The van der Waals surface area contributed by atoms with Gasteiger partial charge in [-0.25, -0.2) is 0 Å². The maximum atomic E-state index is 12.2. The molecule has 0 saturated heterocycles. The van der Waals surface area contributed by atoms with Crippen LogP contribution in [0.1, 0.15) is 13.3 Å².